The Kier molecular flexibility index (Phi) is 3.96. The van der Waals surface area contributed by atoms with E-state index in [1.165, 1.54) is 22.3 Å². The van der Waals surface area contributed by atoms with E-state index in [1.54, 1.807) is 6.07 Å². The number of anilines is 2. The highest BCUT2D eigenvalue weighted by molar-refractivity contribution is 5.92. The molecule has 0 bridgehead atoms. The Balaban J connectivity index is 1.67. The van der Waals surface area contributed by atoms with Crippen molar-refractivity contribution in [2.24, 2.45) is 0 Å². The molecule has 0 heterocycles. The number of carbonyl (C=O) groups excluding carboxylic acids is 1. The van der Waals surface area contributed by atoms with Crippen molar-refractivity contribution in [3.8, 4) is 11.1 Å². The van der Waals surface area contributed by atoms with E-state index in [0.717, 1.165) is 5.69 Å². The molecule has 0 saturated carbocycles. The van der Waals surface area contributed by atoms with Gasteiger partial charge in [-0.3, -0.25) is 4.79 Å². The Morgan fingerprint density at radius 3 is 2.08 bits per heavy atom. The minimum absolute atomic E-state index is 0.0659. The molecule has 4 heteroatoms. The van der Waals surface area contributed by atoms with E-state index >= 15 is 0 Å². The van der Waals surface area contributed by atoms with Gasteiger partial charge in [-0.25, -0.2) is 0 Å². The van der Waals surface area contributed by atoms with E-state index in [0.29, 0.717) is 5.69 Å². The fourth-order valence-electron chi connectivity index (χ4n) is 3.36. The highest BCUT2D eigenvalue weighted by Gasteiger charge is 2.27. The molecule has 0 radical (unpaired) electrons. The van der Waals surface area contributed by atoms with E-state index in [2.05, 4.69) is 59.2 Å². The molecule has 4 nitrogen and oxygen atoms in total. The van der Waals surface area contributed by atoms with Crippen LogP contribution in [0.15, 0.2) is 72.8 Å². The van der Waals surface area contributed by atoms with Crippen molar-refractivity contribution >= 4 is 17.3 Å². The number of aliphatic hydroxyl groups excluding tert-OH is 1. The second-order valence-corrected chi connectivity index (χ2v) is 6.04. The molecule has 25 heavy (non-hydrogen) atoms. The molecule has 4 rings (SSSR count). The zero-order chi connectivity index (χ0) is 17.2. The summed E-state index contributed by atoms with van der Waals surface area (Å²) in [5, 5.41) is 15.1. The van der Waals surface area contributed by atoms with Gasteiger partial charge in [-0.05, 0) is 40.5 Å². The van der Waals surface area contributed by atoms with Crippen LogP contribution in [0.4, 0.5) is 11.4 Å². The summed E-state index contributed by atoms with van der Waals surface area (Å²) in [6.07, 6.45) is 0. The van der Waals surface area contributed by atoms with Crippen LogP contribution in [0.5, 0.6) is 0 Å². The lowest BCUT2D eigenvalue weighted by Crippen LogP contribution is -2.15. The van der Waals surface area contributed by atoms with Crippen LogP contribution in [0.3, 0.4) is 0 Å². The van der Waals surface area contributed by atoms with Gasteiger partial charge in [0, 0.05) is 11.4 Å². The van der Waals surface area contributed by atoms with Crippen LogP contribution in [0.2, 0.25) is 0 Å². The zero-order valence-corrected chi connectivity index (χ0v) is 13.6. The van der Waals surface area contributed by atoms with E-state index in [-0.39, 0.29) is 6.04 Å². The molecule has 1 aliphatic rings. The normalized spacial score (nSPS) is 12.4. The molecular weight excluding hydrogens is 312 g/mol. The fraction of sp³-hybridized carbons (Fsp3) is 0.0952. The van der Waals surface area contributed by atoms with Crippen LogP contribution >= 0.6 is 0 Å². The lowest BCUT2D eigenvalue weighted by molar-refractivity contribution is -0.118. The van der Waals surface area contributed by atoms with Gasteiger partial charge in [-0.2, -0.15) is 0 Å². The molecular formula is C21H18N2O2. The highest BCUT2D eigenvalue weighted by Crippen LogP contribution is 2.44. The SMILES string of the molecule is O=C(CO)Nc1cccc(NC2c3ccccc3-c3ccccc32)c1. The molecule has 3 aromatic rings. The summed E-state index contributed by atoms with van der Waals surface area (Å²) in [6, 6.07) is 24.4. The van der Waals surface area contributed by atoms with Crippen LogP contribution in [0.1, 0.15) is 17.2 Å². The maximum Gasteiger partial charge on any atom is 0.250 e. The maximum atomic E-state index is 11.4. The van der Waals surface area contributed by atoms with Gasteiger partial charge in [-0.15, -0.1) is 0 Å². The number of rotatable bonds is 4. The van der Waals surface area contributed by atoms with Crippen molar-refractivity contribution in [2.45, 2.75) is 6.04 Å². The third-order valence-corrected chi connectivity index (χ3v) is 4.43. The smallest absolute Gasteiger partial charge is 0.250 e. The van der Waals surface area contributed by atoms with Gasteiger partial charge in [0.25, 0.3) is 0 Å². The molecule has 1 amide bonds. The summed E-state index contributed by atoms with van der Waals surface area (Å²) < 4.78 is 0. The highest BCUT2D eigenvalue weighted by atomic mass is 16.3. The number of aliphatic hydroxyl groups is 1. The topological polar surface area (TPSA) is 61.4 Å². The van der Waals surface area contributed by atoms with Gasteiger partial charge < -0.3 is 15.7 Å². The van der Waals surface area contributed by atoms with E-state index in [9.17, 15) is 4.79 Å². The second-order valence-electron chi connectivity index (χ2n) is 6.04. The van der Waals surface area contributed by atoms with Crippen LogP contribution in [-0.2, 0) is 4.79 Å². The third-order valence-electron chi connectivity index (χ3n) is 4.43. The minimum Gasteiger partial charge on any atom is -0.387 e. The first-order chi connectivity index (χ1) is 12.3. The van der Waals surface area contributed by atoms with Crippen molar-refractivity contribution in [3.05, 3.63) is 83.9 Å². The number of carbonyl (C=O) groups is 1. The number of hydrogen-bond donors (Lipinski definition) is 3. The largest absolute Gasteiger partial charge is 0.387 e. The van der Waals surface area contributed by atoms with Gasteiger partial charge in [-0.1, -0.05) is 54.6 Å². The Bertz CT molecular complexity index is 891. The molecule has 0 aliphatic heterocycles. The number of fused-ring (bicyclic) bond motifs is 3. The van der Waals surface area contributed by atoms with Crippen molar-refractivity contribution in [2.75, 3.05) is 17.2 Å². The first kappa shape index (κ1) is 15.4. The van der Waals surface area contributed by atoms with Gasteiger partial charge >= 0.3 is 0 Å². The van der Waals surface area contributed by atoms with Crippen molar-refractivity contribution < 1.29 is 9.90 Å². The molecule has 0 unspecified atom stereocenters. The summed E-state index contributed by atoms with van der Waals surface area (Å²) in [5.74, 6) is -0.422. The van der Waals surface area contributed by atoms with Crippen molar-refractivity contribution in [1.82, 2.24) is 0 Å². The Labute approximate surface area is 146 Å². The quantitative estimate of drug-likeness (QED) is 0.682. The summed E-state index contributed by atoms with van der Waals surface area (Å²) in [4.78, 5) is 11.4. The van der Waals surface area contributed by atoms with Gasteiger partial charge in [0.05, 0.1) is 6.04 Å². The number of hydrogen-bond acceptors (Lipinski definition) is 3. The zero-order valence-electron chi connectivity index (χ0n) is 13.6. The monoisotopic (exact) mass is 330 g/mol. The Morgan fingerprint density at radius 2 is 1.44 bits per heavy atom. The molecule has 0 atom stereocenters. The fourth-order valence-corrected chi connectivity index (χ4v) is 3.36. The van der Waals surface area contributed by atoms with E-state index < -0.39 is 12.5 Å². The molecule has 3 N–H and O–H groups in total. The Hall–Kier alpha value is -3.11. The molecule has 0 spiro atoms. The molecule has 124 valence electrons. The lowest BCUT2D eigenvalue weighted by Gasteiger charge is -2.18. The number of benzene rings is 3. The van der Waals surface area contributed by atoms with Crippen LogP contribution in [-0.4, -0.2) is 17.6 Å². The first-order valence-corrected chi connectivity index (χ1v) is 8.22. The van der Waals surface area contributed by atoms with Gasteiger partial charge in [0.2, 0.25) is 5.91 Å². The lowest BCUT2D eigenvalue weighted by atomic mass is 10.0. The summed E-state index contributed by atoms with van der Waals surface area (Å²) in [6.45, 7) is -0.527. The molecule has 0 fully saturated rings. The predicted molar refractivity (Wildman–Crippen MR) is 99.5 cm³/mol. The van der Waals surface area contributed by atoms with Crippen molar-refractivity contribution in [3.63, 3.8) is 0 Å². The van der Waals surface area contributed by atoms with Crippen LogP contribution in [0.25, 0.3) is 11.1 Å². The summed E-state index contributed by atoms with van der Waals surface area (Å²) >= 11 is 0. The Morgan fingerprint density at radius 1 is 0.840 bits per heavy atom. The second kappa shape index (κ2) is 6.42. The predicted octanol–water partition coefficient (Wildman–Crippen LogP) is 3.80. The number of amides is 1. The van der Waals surface area contributed by atoms with E-state index in [1.807, 2.05) is 18.2 Å². The maximum absolute atomic E-state index is 11.4. The van der Waals surface area contributed by atoms with Crippen LogP contribution in [0, 0.1) is 0 Å². The minimum atomic E-state index is -0.527. The van der Waals surface area contributed by atoms with Crippen LogP contribution < -0.4 is 10.6 Å². The number of nitrogens with one attached hydrogen (secondary N) is 2. The first-order valence-electron chi connectivity index (χ1n) is 8.22. The molecule has 0 saturated heterocycles. The average Bonchev–Trinajstić information content (AvgIpc) is 2.96. The summed E-state index contributed by atoms with van der Waals surface area (Å²) in [7, 11) is 0. The third kappa shape index (κ3) is 2.88. The van der Waals surface area contributed by atoms with Crippen molar-refractivity contribution in [1.29, 1.82) is 0 Å². The molecule has 0 aromatic heterocycles. The van der Waals surface area contributed by atoms with Gasteiger partial charge in [0.15, 0.2) is 0 Å². The average molecular weight is 330 g/mol. The summed E-state index contributed by atoms with van der Waals surface area (Å²) in [5.41, 5.74) is 6.55. The molecule has 3 aromatic carbocycles. The van der Waals surface area contributed by atoms with E-state index in [4.69, 9.17) is 5.11 Å². The molecule has 1 aliphatic carbocycles. The van der Waals surface area contributed by atoms with Gasteiger partial charge in [0.1, 0.15) is 6.61 Å². The standard InChI is InChI=1S/C21H18N2O2/c24-13-20(25)22-14-6-5-7-15(12-14)23-21-18-10-3-1-8-16(18)17-9-2-4-11-19(17)21/h1-12,21,23-24H,13H2,(H,22,25).